The van der Waals surface area contributed by atoms with Gasteiger partial charge in [-0.05, 0) is 32.2 Å². The van der Waals surface area contributed by atoms with Crippen LogP contribution in [0, 0.1) is 18.6 Å². The summed E-state index contributed by atoms with van der Waals surface area (Å²) in [5.41, 5.74) is 1.41. The van der Waals surface area contributed by atoms with Gasteiger partial charge in [-0.3, -0.25) is 0 Å². The summed E-state index contributed by atoms with van der Waals surface area (Å²) in [6.07, 6.45) is 0.717. The molecule has 0 fully saturated rings. The van der Waals surface area contributed by atoms with Gasteiger partial charge in [0.2, 0.25) is 0 Å². The van der Waals surface area contributed by atoms with Crippen molar-refractivity contribution in [2.45, 2.75) is 13.3 Å². The molecule has 0 aliphatic heterocycles. The van der Waals surface area contributed by atoms with Crippen LogP contribution in [0.2, 0.25) is 0 Å². The molecule has 2 rings (SSSR count). The van der Waals surface area contributed by atoms with Crippen LogP contribution in [0.1, 0.15) is 11.5 Å². The van der Waals surface area contributed by atoms with Crippen molar-refractivity contribution in [3.05, 3.63) is 41.4 Å². The molecule has 1 aromatic carbocycles. The lowest BCUT2D eigenvalue weighted by Crippen LogP contribution is -2.11. The van der Waals surface area contributed by atoms with Crippen LogP contribution in [0.5, 0.6) is 0 Å². The van der Waals surface area contributed by atoms with E-state index in [4.69, 9.17) is 0 Å². The molecule has 1 aromatic heterocycles. The second-order valence-electron chi connectivity index (χ2n) is 4.13. The van der Waals surface area contributed by atoms with Crippen LogP contribution in [0.25, 0.3) is 11.3 Å². The molecule has 0 saturated heterocycles. The number of aromatic amines is 1. The van der Waals surface area contributed by atoms with E-state index in [0.29, 0.717) is 12.1 Å². The Morgan fingerprint density at radius 2 is 2.11 bits per heavy atom. The Balaban J connectivity index is 2.38. The summed E-state index contributed by atoms with van der Waals surface area (Å²) in [5.74, 6) is -0.169. The predicted molar refractivity (Wildman–Crippen MR) is 66.3 cm³/mol. The summed E-state index contributed by atoms with van der Waals surface area (Å²) in [6, 6.07) is 3.38. The minimum atomic E-state index is -0.467. The quantitative estimate of drug-likeness (QED) is 0.876. The summed E-state index contributed by atoms with van der Waals surface area (Å²) in [5, 5.41) is 3.01. The van der Waals surface area contributed by atoms with Gasteiger partial charge in [-0.1, -0.05) is 0 Å². The zero-order valence-corrected chi connectivity index (χ0v) is 10.3. The molecule has 0 aliphatic carbocycles. The second kappa shape index (κ2) is 5.27. The Hall–Kier alpha value is -1.75. The number of likely N-dealkylation sites (N-methyl/N-ethyl adjacent to an activating group) is 1. The van der Waals surface area contributed by atoms with Crippen molar-refractivity contribution in [1.29, 1.82) is 0 Å². The molecule has 18 heavy (non-hydrogen) atoms. The van der Waals surface area contributed by atoms with Crippen molar-refractivity contribution in [3.8, 4) is 11.3 Å². The number of hydrogen-bond acceptors (Lipinski definition) is 2. The molecule has 2 aromatic rings. The van der Waals surface area contributed by atoms with E-state index in [2.05, 4.69) is 15.3 Å². The lowest BCUT2D eigenvalue weighted by Gasteiger charge is -2.00. The lowest BCUT2D eigenvalue weighted by molar-refractivity contribution is 0.602. The van der Waals surface area contributed by atoms with Crippen LogP contribution in [0.15, 0.2) is 18.2 Å². The Labute approximate surface area is 104 Å². The van der Waals surface area contributed by atoms with E-state index in [1.54, 1.807) is 6.92 Å². The highest BCUT2D eigenvalue weighted by Crippen LogP contribution is 2.25. The van der Waals surface area contributed by atoms with Crippen LogP contribution < -0.4 is 5.32 Å². The molecular weight excluding hydrogens is 236 g/mol. The largest absolute Gasteiger partial charge is 0.346 e. The van der Waals surface area contributed by atoms with Crippen molar-refractivity contribution in [2.24, 2.45) is 0 Å². The summed E-state index contributed by atoms with van der Waals surface area (Å²) < 4.78 is 26.8. The van der Waals surface area contributed by atoms with Gasteiger partial charge in [0, 0.05) is 24.2 Å². The van der Waals surface area contributed by atoms with Crippen molar-refractivity contribution in [2.75, 3.05) is 13.6 Å². The fraction of sp³-hybridized carbons (Fsp3) is 0.308. The van der Waals surface area contributed by atoms with Gasteiger partial charge >= 0.3 is 0 Å². The van der Waals surface area contributed by atoms with Crippen molar-refractivity contribution >= 4 is 0 Å². The molecule has 5 heteroatoms. The summed E-state index contributed by atoms with van der Waals surface area (Å²) in [7, 11) is 1.85. The van der Waals surface area contributed by atoms with E-state index in [1.807, 2.05) is 7.05 Å². The molecule has 96 valence electrons. The van der Waals surface area contributed by atoms with Crippen LogP contribution in [-0.2, 0) is 6.42 Å². The Morgan fingerprint density at radius 1 is 1.33 bits per heavy atom. The molecule has 0 atom stereocenters. The maximum Gasteiger partial charge on any atom is 0.132 e. The third kappa shape index (κ3) is 2.56. The van der Waals surface area contributed by atoms with Crippen LogP contribution >= 0.6 is 0 Å². The van der Waals surface area contributed by atoms with Crippen molar-refractivity contribution < 1.29 is 8.78 Å². The molecule has 0 spiro atoms. The van der Waals surface area contributed by atoms with Gasteiger partial charge in [0.25, 0.3) is 0 Å². The number of nitrogens with one attached hydrogen (secondary N) is 2. The molecule has 3 nitrogen and oxygen atoms in total. The Kier molecular flexibility index (Phi) is 3.72. The fourth-order valence-electron chi connectivity index (χ4n) is 1.83. The van der Waals surface area contributed by atoms with Crippen LogP contribution in [-0.4, -0.2) is 23.6 Å². The third-order valence-electron chi connectivity index (χ3n) is 2.73. The van der Waals surface area contributed by atoms with Gasteiger partial charge in [0.15, 0.2) is 0 Å². The molecule has 0 amide bonds. The van der Waals surface area contributed by atoms with E-state index in [0.717, 1.165) is 30.2 Å². The van der Waals surface area contributed by atoms with Gasteiger partial charge in [0.05, 0.1) is 5.69 Å². The van der Waals surface area contributed by atoms with E-state index in [-0.39, 0.29) is 5.56 Å². The average molecular weight is 251 g/mol. The number of H-pyrrole nitrogens is 1. The SMILES string of the molecule is CNCCc1nc(-c2cc(F)ccc2F)c(C)[nH]1. The number of aryl methyl sites for hydroxylation is 1. The molecular formula is C13H15F2N3. The molecule has 0 bridgehead atoms. The highest BCUT2D eigenvalue weighted by molar-refractivity contribution is 5.62. The average Bonchev–Trinajstić information content (AvgIpc) is 2.71. The molecule has 1 heterocycles. The normalized spacial score (nSPS) is 10.9. The van der Waals surface area contributed by atoms with Gasteiger partial charge < -0.3 is 10.3 Å². The third-order valence-corrected chi connectivity index (χ3v) is 2.73. The molecule has 2 N–H and O–H groups in total. The predicted octanol–water partition coefficient (Wildman–Crippen LogP) is 2.43. The zero-order chi connectivity index (χ0) is 13.1. The van der Waals surface area contributed by atoms with E-state index in [1.165, 1.54) is 6.07 Å². The Bertz CT molecular complexity index is 549. The smallest absolute Gasteiger partial charge is 0.132 e. The zero-order valence-electron chi connectivity index (χ0n) is 10.3. The maximum atomic E-state index is 13.7. The number of rotatable bonds is 4. The number of hydrogen-bond donors (Lipinski definition) is 2. The molecule has 0 saturated carbocycles. The number of imidazole rings is 1. The summed E-state index contributed by atoms with van der Waals surface area (Å²) in [6.45, 7) is 2.58. The number of nitrogens with zero attached hydrogens (tertiary/aromatic N) is 1. The first-order chi connectivity index (χ1) is 8.61. The van der Waals surface area contributed by atoms with Gasteiger partial charge in [0.1, 0.15) is 17.5 Å². The topological polar surface area (TPSA) is 40.7 Å². The van der Waals surface area contributed by atoms with Gasteiger partial charge in [-0.25, -0.2) is 13.8 Å². The van der Waals surface area contributed by atoms with Crippen molar-refractivity contribution in [3.63, 3.8) is 0 Å². The highest BCUT2D eigenvalue weighted by atomic mass is 19.1. The highest BCUT2D eigenvalue weighted by Gasteiger charge is 2.13. The fourth-order valence-corrected chi connectivity index (χ4v) is 1.83. The van der Waals surface area contributed by atoms with E-state index >= 15 is 0 Å². The minimum Gasteiger partial charge on any atom is -0.346 e. The van der Waals surface area contributed by atoms with E-state index in [9.17, 15) is 8.78 Å². The molecule has 0 unspecified atom stereocenters. The standard InChI is InChI=1S/C13H15F2N3/c1-8-13(18-12(17-8)5-6-16-2)10-7-9(14)3-4-11(10)15/h3-4,7,16H,5-6H2,1-2H3,(H,17,18). The first kappa shape index (κ1) is 12.7. The van der Waals surface area contributed by atoms with Gasteiger partial charge in [-0.2, -0.15) is 0 Å². The maximum absolute atomic E-state index is 13.7. The van der Waals surface area contributed by atoms with E-state index < -0.39 is 11.6 Å². The van der Waals surface area contributed by atoms with Gasteiger partial charge in [-0.15, -0.1) is 0 Å². The number of benzene rings is 1. The minimum absolute atomic E-state index is 0.194. The number of halogens is 2. The Morgan fingerprint density at radius 3 is 2.83 bits per heavy atom. The lowest BCUT2D eigenvalue weighted by atomic mass is 10.1. The second-order valence-corrected chi connectivity index (χ2v) is 4.13. The summed E-state index contributed by atoms with van der Waals surface area (Å²) in [4.78, 5) is 7.40. The first-order valence-corrected chi connectivity index (χ1v) is 5.77. The first-order valence-electron chi connectivity index (χ1n) is 5.77. The monoisotopic (exact) mass is 251 g/mol. The van der Waals surface area contributed by atoms with Crippen LogP contribution in [0.3, 0.4) is 0 Å². The summed E-state index contributed by atoms with van der Waals surface area (Å²) >= 11 is 0. The molecule has 0 radical (unpaired) electrons. The van der Waals surface area contributed by atoms with Crippen molar-refractivity contribution in [1.82, 2.24) is 15.3 Å². The number of aromatic nitrogens is 2. The van der Waals surface area contributed by atoms with Crippen LogP contribution in [0.4, 0.5) is 8.78 Å². The molecule has 0 aliphatic rings.